The van der Waals surface area contributed by atoms with E-state index in [0.717, 1.165) is 16.3 Å². The predicted octanol–water partition coefficient (Wildman–Crippen LogP) is 3.63. The Morgan fingerprint density at radius 2 is 1.81 bits per heavy atom. The molecule has 0 bridgehead atoms. The van der Waals surface area contributed by atoms with Gasteiger partial charge in [-0.1, -0.05) is 23.7 Å². The summed E-state index contributed by atoms with van der Waals surface area (Å²) >= 11 is 7.46. The largest absolute Gasteiger partial charge is 0.341 e. The number of aromatic nitrogens is 1. The fourth-order valence-corrected chi connectivity index (χ4v) is 2.85. The van der Waals surface area contributed by atoms with E-state index in [9.17, 15) is 4.79 Å². The molecule has 2 rings (SSSR count). The van der Waals surface area contributed by atoms with Crippen molar-refractivity contribution in [3.05, 3.63) is 64.9 Å². The number of nitrogens with zero attached hydrogens (tertiary/aromatic N) is 2. The van der Waals surface area contributed by atoms with E-state index in [4.69, 9.17) is 11.6 Å². The number of rotatable bonds is 6. The molecule has 0 spiro atoms. The monoisotopic (exact) mass is 320 g/mol. The molecule has 0 unspecified atom stereocenters. The van der Waals surface area contributed by atoms with Gasteiger partial charge in [0.25, 0.3) is 0 Å². The molecular formula is C16H17ClN2OS. The molecule has 0 atom stereocenters. The number of pyridine rings is 1. The topological polar surface area (TPSA) is 33.2 Å². The lowest BCUT2D eigenvalue weighted by Gasteiger charge is -2.17. The Kier molecular flexibility index (Phi) is 6.08. The van der Waals surface area contributed by atoms with Crippen LogP contribution in [0.1, 0.15) is 11.1 Å². The van der Waals surface area contributed by atoms with Gasteiger partial charge in [-0.3, -0.25) is 9.78 Å². The van der Waals surface area contributed by atoms with Crippen molar-refractivity contribution in [2.45, 2.75) is 12.3 Å². The molecule has 0 aliphatic heterocycles. The number of hydrogen-bond donors (Lipinski definition) is 0. The summed E-state index contributed by atoms with van der Waals surface area (Å²) in [4.78, 5) is 17.8. The Labute approximate surface area is 134 Å². The van der Waals surface area contributed by atoms with E-state index >= 15 is 0 Å². The van der Waals surface area contributed by atoms with Crippen molar-refractivity contribution in [2.75, 3.05) is 12.8 Å². The Morgan fingerprint density at radius 3 is 2.48 bits per heavy atom. The van der Waals surface area contributed by atoms with Gasteiger partial charge in [0.2, 0.25) is 5.91 Å². The normalized spacial score (nSPS) is 10.4. The van der Waals surface area contributed by atoms with Crippen molar-refractivity contribution in [1.82, 2.24) is 9.88 Å². The highest BCUT2D eigenvalue weighted by Crippen LogP contribution is 2.16. The van der Waals surface area contributed by atoms with E-state index < -0.39 is 0 Å². The summed E-state index contributed by atoms with van der Waals surface area (Å²) in [6, 6.07) is 11.6. The third-order valence-electron chi connectivity index (χ3n) is 3.00. The molecule has 1 heterocycles. The van der Waals surface area contributed by atoms with Gasteiger partial charge in [0.15, 0.2) is 0 Å². The molecule has 0 saturated carbocycles. The third kappa shape index (κ3) is 5.40. The molecule has 0 fully saturated rings. The molecule has 1 aromatic heterocycles. The maximum Gasteiger partial charge on any atom is 0.232 e. The van der Waals surface area contributed by atoms with Crippen molar-refractivity contribution < 1.29 is 4.79 Å². The van der Waals surface area contributed by atoms with E-state index in [1.807, 2.05) is 43.4 Å². The maximum atomic E-state index is 12.1. The van der Waals surface area contributed by atoms with Crippen LogP contribution in [0, 0.1) is 0 Å². The second kappa shape index (κ2) is 8.05. The van der Waals surface area contributed by atoms with Crippen molar-refractivity contribution in [3.8, 4) is 0 Å². The first kappa shape index (κ1) is 15.9. The predicted molar refractivity (Wildman–Crippen MR) is 88.3 cm³/mol. The highest BCUT2D eigenvalue weighted by molar-refractivity contribution is 7.99. The highest BCUT2D eigenvalue weighted by Gasteiger charge is 2.09. The SMILES string of the molecule is CN(Cc1ccncc1)C(=O)CSCc1ccc(Cl)cc1. The Bertz CT molecular complexity index is 575. The van der Waals surface area contributed by atoms with E-state index in [1.54, 1.807) is 29.1 Å². The Balaban J connectivity index is 1.75. The number of benzene rings is 1. The van der Waals surface area contributed by atoms with Crippen LogP contribution in [0.3, 0.4) is 0 Å². The number of halogens is 1. The van der Waals surface area contributed by atoms with Crippen LogP contribution in [-0.4, -0.2) is 28.6 Å². The molecule has 3 nitrogen and oxygen atoms in total. The second-order valence-corrected chi connectivity index (χ2v) is 6.15. The zero-order valence-corrected chi connectivity index (χ0v) is 13.4. The molecule has 0 aliphatic carbocycles. The van der Waals surface area contributed by atoms with Crippen LogP contribution in [0.25, 0.3) is 0 Å². The number of hydrogen-bond acceptors (Lipinski definition) is 3. The molecule has 0 aliphatic rings. The summed E-state index contributed by atoms with van der Waals surface area (Å²) in [7, 11) is 1.83. The van der Waals surface area contributed by atoms with E-state index in [-0.39, 0.29) is 5.91 Å². The number of thioether (sulfide) groups is 1. The number of amides is 1. The number of carbonyl (C=O) groups is 1. The maximum absolute atomic E-state index is 12.1. The van der Waals surface area contributed by atoms with Crippen LogP contribution in [0.5, 0.6) is 0 Å². The lowest BCUT2D eigenvalue weighted by Crippen LogP contribution is -2.27. The molecule has 2 aromatic rings. The summed E-state index contributed by atoms with van der Waals surface area (Å²) in [6.07, 6.45) is 3.48. The quantitative estimate of drug-likeness (QED) is 0.815. The molecular weight excluding hydrogens is 304 g/mol. The first-order valence-electron chi connectivity index (χ1n) is 6.60. The summed E-state index contributed by atoms with van der Waals surface area (Å²) in [5.41, 5.74) is 2.26. The minimum atomic E-state index is 0.130. The molecule has 1 aromatic carbocycles. The van der Waals surface area contributed by atoms with Gasteiger partial charge < -0.3 is 4.90 Å². The smallest absolute Gasteiger partial charge is 0.232 e. The van der Waals surface area contributed by atoms with Crippen LogP contribution < -0.4 is 0 Å². The molecule has 21 heavy (non-hydrogen) atoms. The zero-order chi connectivity index (χ0) is 15.1. The highest BCUT2D eigenvalue weighted by atomic mass is 35.5. The van der Waals surface area contributed by atoms with Gasteiger partial charge in [0.05, 0.1) is 5.75 Å². The van der Waals surface area contributed by atoms with Gasteiger partial charge in [0.1, 0.15) is 0 Å². The van der Waals surface area contributed by atoms with Gasteiger partial charge in [-0.2, -0.15) is 0 Å². The van der Waals surface area contributed by atoms with Crippen molar-refractivity contribution in [1.29, 1.82) is 0 Å². The van der Waals surface area contributed by atoms with Gasteiger partial charge in [-0.15, -0.1) is 11.8 Å². The van der Waals surface area contributed by atoms with E-state index in [0.29, 0.717) is 12.3 Å². The van der Waals surface area contributed by atoms with Crippen LogP contribution in [0.2, 0.25) is 5.02 Å². The molecule has 110 valence electrons. The first-order valence-corrected chi connectivity index (χ1v) is 8.13. The molecule has 0 radical (unpaired) electrons. The summed E-state index contributed by atoms with van der Waals surface area (Å²) in [5, 5.41) is 0.733. The Hall–Kier alpha value is -1.52. The van der Waals surface area contributed by atoms with Gasteiger partial charge in [-0.05, 0) is 35.4 Å². The first-order chi connectivity index (χ1) is 10.1. The summed E-state index contributed by atoms with van der Waals surface area (Å²) in [6.45, 7) is 0.614. The number of carbonyl (C=O) groups excluding carboxylic acids is 1. The van der Waals surface area contributed by atoms with Gasteiger partial charge >= 0.3 is 0 Å². The second-order valence-electron chi connectivity index (χ2n) is 4.72. The summed E-state index contributed by atoms with van der Waals surface area (Å²) < 4.78 is 0. The third-order valence-corrected chi connectivity index (χ3v) is 4.24. The van der Waals surface area contributed by atoms with Crippen molar-refractivity contribution in [2.24, 2.45) is 0 Å². The van der Waals surface area contributed by atoms with Crippen LogP contribution in [0.15, 0.2) is 48.8 Å². The molecule has 1 amide bonds. The summed E-state index contributed by atoms with van der Waals surface area (Å²) in [5.74, 6) is 1.42. The molecule has 5 heteroatoms. The van der Waals surface area contributed by atoms with E-state index in [2.05, 4.69) is 4.98 Å². The minimum absolute atomic E-state index is 0.130. The van der Waals surface area contributed by atoms with Crippen molar-refractivity contribution >= 4 is 29.3 Å². The lowest BCUT2D eigenvalue weighted by atomic mass is 10.2. The Morgan fingerprint density at radius 1 is 1.14 bits per heavy atom. The zero-order valence-electron chi connectivity index (χ0n) is 11.8. The fourth-order valence-electron chi connectivity index (χ4n) is 1.80. The van der Waals surface area contributed by atoms with Crippen molar-refractivity contribution in [3.63, 3.8) is 0 Å². The molecule has 0 saturated heterocycles. The van der Waals surface area contributed by atoms with Crippen LogP contribution >= 0.6 is 23.4 Å². The van der Waals surface area contributed by atoms with Gasteiger partial charge in [-0.25, -0.2) is 0 Å². The lowest BCUT2D eigenvalue weighted by molar-refractivity contribution is -0.127. The minimum Gasteiger partial charge on any atom is -0.341 e. The standard InChI is InChI=1S/C16H17ClN2OS/c1-19(10-13-6-8-18-9-7-13)16(20)12-21-11-14-2-4-15(17)5-3-14/h2-9H,10-12H2,1H3. The van der Waals surface area contributed by atoms with Crippen LogP contribution in [0.4, 0.5) is 0 Å². The average Bonchev–Trinajstić information content (AvgIpc) is 2.50. The van der Waals surface area contributed by atoms with Gasteiger partial charge in [0, 0.05) is 36.8 Å². The average molecular weight is 321 g/mol. The fraction of sp³-hybridized carbons (Fsp3) is 0.250. The van der Waals surface area contributed by atoms with Crippen LogP contribution in [-0.2, 0) is 17.1 Å². The molecule has 0 N–H and O–H groups in total. The van der Waals surface area contributed by atoms with E-state index in [1.165, 1.54) is 5.56 Å².